The highest BCUT2D eigenvalue weighted by atomic mass is 32.2. The molecule has 0 bridgehead atoms. The van der Waals surface area contributed by atoms with Gasteiger partial charge in [0.05, 0.1) is 16.7 Å². The molecule has 2 fully saturated rings. The van der Waals surface area contributed by atoms with Gasteiger partial charge in [0.1, 0.15) is 12.1 Å². The van der Waals surface area contributed by atoms with Crippen LogP contribution in [0.25, 0.3) is 0 Å². The smallest absolute Gasteiger partial charge is 0.326 e. The van der Waals surface area contributed by atoms with Crippen molar-refractivity contribution in [2.75, 3.05) is 24.7 Å². The molecular weight excluding hydrogens is 436 g/mol. The first-order chi connectivity index (χ1) is 14.8. The highest BCUT2D eigenvalue weighted by Crippen LogP contribution is 2.51. The Bertz CT molecular complexity index is 785. The normalized spacial score (nSPS) is 21.7. The van der Waals surface area contributed by atoms with Gasteiger partial charge in [0, 0.05) is 24.5 Å². The number of hydrogen-bond acceptors (Lipinski definition) is 7. The Labute approximate surface area is 191 Å². The summed E-state index contributed by atoms with van der Waals surface area (Å²) in [6.07, 6.45) is 1.60. The number of amides is 1. The van der Waals surface area contributed by atoms with Crippen LogP contribution in [0, 0.1) is 0 Å². The lowest BCUT2D eigenvalue weighted by Gasteiger charge is -2.28. The van der Waals surface area contributed by atoms with Gasteiger partial charge in [-0.15, -0.1) is 23.5 Å². The van der Waals surface area contributed by atoms with E-state index in [-0.39, 0.29) is 16.6 Å². The van der Waals surface area contributed by atoms with Crippen LogP contribution in [0.4, 0.5) is 0 Å². The summed E-state index contributed by atoms with van der Waals surface area (Å²) in [5.41, 5.74) is 1.10. The summed E-state index contributed by atoms with van der Waals surface area (Å²) in [5.74, 6) is 0.282. The number of likely N-dealkylation sites (tertiary alicyclic amines) is 1. The number of esters is 1. The Morgan fingerprint density at radius 1 is 1.26 bits per heavy atom. The summed E-state index contributed by atoms with van der Waals surface area (Å²) < 4.78 is 4.98. The lowest BCUT2D eigenvalue weighted by Crippen LogP contribution is -2.53. The van der Waals surface area contributed by atoms with E-state index in [1.54, 1.807) is 37.4 Å². The third kappa shape index (κ3) is 5.96. The predicted molar refractivity (Wildman–Crippen MR) is 123 cm³/mol. The maximum absolute atomic E-state index is 13.2. The molecule has 2 aliphatic rings. The van der Waals surface area contributed by atoms with Crippen LogP contribution in [0.5, 0.6) is 0 Å². The molecule has 0 radical (unpaired) electrons. The molecule has 1 aromatic rings. The zero-order valence-corrected chi connectivity index (χ0v) is 19.5. The number of thioether (sulfide) groups is 2. The minimum Gasteiger partial charge on any atom is -0.480 e. The zero-order valence-electron chi connectivity index (χ0n) is 17.9. The van der Waals surface area contributed by atoms with E-state index in [4.69, 9.17) is 4.74 Å². The van der Waals surface area contributed by atoms with Crippen molar-refractivity contribution in [3.8, 4) is 0 Å². The van der Waals surface area contributed by atoms with Crippen LogP contribution < -0.4 is 5.32 Å². The molecule has 170 valence electrons. The van der Waals surface area contributed by atoms with Gasteiger partial charge in [0.15, 0.2) is 0 Å². The molecule has 9 heteroatoms. The molecule has 2 heterocycles. The fourth-order valence-electron chi connectivity index (χ4n) is 4.09. The molecule has 1 amide bonds. The number of aryl methyl sites for hydroxylation is 1. The minimum absolute atomic E-state index is 0.230. The van der Waals surface area contributed by atoms with Crippen molar-refractivity contribution >= 4 is 41.4 Å². The molecular formula is C22H30N2O5S2. The molecule has 2 unspecified atom stereocenters. The van der Waals surface area contributed by atoms with Crippen LogP contribution in [0.1, 0.15) is 32.3 Å². The van der Waals surface area contributed by atoms with Gasteiger partial charge in [-0.2, -0.15) is 0 Å². The molecule has 31 heavy (non-hydrogen) atoms. The number of aliphatic carboxylic acids is 1. The molecule has 3 atom stereocenters. The summed E-state index contributed by atoms with van der Waals surface area (Å²) in [4.78, 5) is 39.1. The second-order valence-corrected chi connectivity index (χ2v) is 11.1. The van der Waals surface area contributed by atoms with Crippen molar-refractivity contribution in [3.05, 3.63) is 35.9 Å². The van der Waals surface area contributed by atoms with Crippen LogP contribution in [-0.2, 0) is 25.5 Å². The van der Waals surface area contributed by atoms with Crippen molar-refractivity contribution in [2.24, 2.45) is 0 Å². The van der Waals surface area contributed by atoms with Gasteiger partial charge in [-0.1, -0.05) is 30.3 Å². The van der Waals surface area contributed by atoms with Gasteiger partial charge in [-0.3, -0.25) is 14.9 Å². The van der Waals surface area contributed by atoms with Crippen LogP contribution >= 0.6 is 23.5 Å². The first kappa shape index (κ1) is 23.9. The average Bonchev–Trinajstić information content (AvgIpc) is 3.38. The number of nitrogens with one attached hydrogen (secondary N) is 1. The first-order valence-corrected chi connectivity index (χ1v) is 12.6. The Hall–Kier alpha value is -1.71. The fourth-order valence-corrected chi connectivity index (χ4v) is 7.34. The van der Waals surface area contributed by atoms with Crippen molar-refractivity contribution in [2.45, 2.75) is 55.3 Å². The van der Waals surface area contributed by atoms with E-state index in [0.29, 0.717) is 25.8 Å². The number of benzene rings is 1. The number of rotatable bonds is 9. The summed E-state index contributed by atoms with van der Waals surface area (Å²) >= 11 is 3.50. The molecule has 3 rings (SSSR count). The summed E-state index contributed by atoms with van der Waals surface area (Å²) in [6.45, 7) is 4.11. The first-order valence-electron chi connectivity index (χ1n) is 10.6. The Morgan fingerprint density at radius 3 is 2.55 bits per heavy atom. The van der Waals surface area contributed by atoms with Crippen LogP contribution in [-0.4, -0.2) is 74.7 Å². The summed E-state index contributed by atoms with van der Waals surface area (Å²) in [7, 11) is 0. The van der Waals surface area contributed by atoms with Gasteiger partial charge in [0.2, 0.25) is 5.91 Å². The predicted octanol–water partition coefficient (Wildman–Crippen LogP) is 2.39. The van der Waals surface area contributed by atoms with E-state index in [1.165, 1.54) is 4.90 Å². The number of carboxylic acid groups (broad SMARTS) is 1. The topological polar surface area (TPSA) is 95.9 Å². The SMILES string of the molecule is CCOC(=O)C(CCc1ccccc1)NC(C)C(=O)N1CC2(C[C@H]1C(=O)O)SCCS2. The number of carbonyl (C=O) groups excluding carboxylic acids is 2. The summed E-state index contributed by atoms with van der Waals surface area (Å²) in [5, 5.41) is 12.8. The van der Waals surface area contributed by atoms with E-state index in [2.05, 4.69) is 5.32 Å². The molecule has 2 N–H and O–H groups in total. The van der Waals surface area contributed by atoms with Crippen molar-refractivity contribution in [1.29, 1.82) is 0 Å². The number of nitrogens with zero attached hydrogens (tertiary/aromatic N) is 1. The molecule has 0 aromatic heterocycles. The van der Waals surface area contributed by atoms with Crippen LogP contribution in [0.3, 0.4) is 0 Å². The number of carboxylic acids is 1. The number of ether oxygens (including phenoxy) is 1. The Kier molecular flexibility index (Phi) is 8.30. The standard InChI is InChI=1S/C22H30N2O5S2/c1-3-29-21(28)17(10-9-16-7-5-4-6-8-16)23-15(2)19(25)24-14-22(30-11-12-31-22)13-18(24)20(26)27/h4-8,15,17-18,23H,3,9-14H2,1-2H3,(H,26,27)/t15?,17?,18-/m0/s1. The molecule has 1 aromatic carbocycles. The minimum atomic E-state index is -0.975. The quantitative estimate of drug-likeness (QED) is 0.536. The van der Waals surface area contributed by atoms with E-state index >= 15 is 0 Å². The van der Waals surface area contributed by atoms with Crippen LogP contribution in [0.15, 0.2) is 30.3 Å². The van der Waals surface area contributed by atoms with Gasteiger partial charge < -0.3 is 14.7 Å². The zero-order chi connectivity index (χ0) is 22.4. The number of carbonyl (C=O) groups is 3. The average molecular weight is 467 g/mol. The highest BCUT2D eigenvalue weighted by molar-refractivity contribution is 8.21. The van der Waals surface area contributed by atoms with Crippen molar-refractivity contribution in [1.82, 2.24) is 10.2 Å². The van der Waals surface area contributed by atoms with Crippen molar-refractivity contribution in [3.63, 3.8) is 0 Å². The lowest BCUT2D eigenvalue weighted by atomic mass is 10.0. The highest BCUT2D eigenvalue weighted by Gasteiger charge is 2.52. The molecule has 0 saturated carbocycles. The van der Waals surface area contributed by atoms with E-state index in [1.807, 2.05) is 30.3 Å². The van der Waals surface area contributed by atoms with Crippen molar-refractivity contribution < 1.29 is 24.2 Å². The Morgan fingerprint density at radius 2 is 1.94 bits per heavy atom. The van der Waals surface area contributed by atoms with E-state index in [0.717, 1.165) is 17.1 Å². The van der Waals surface area contributed by atoms with Gasteiger partial charge >= 0.3 is 11.9 Å². The van der Waals surface area contributed by atoms with Gasteiger partial charge in [0.25, 0.3) is 0 Å². The van der Waals surface area contributed by atoms with Crippen LogP contribution in [0.2, 0.25) is 0 Å². The van der Waals surface area contributed by atoms with E-state index in [9.17, 15) is 19.5 Å². The molecule has 2 saturated heterocycles. The van der Waals surface area contributed by atoms with Gasteiger partial charge in [-0.25, -0.2) is 4.79 Å². The maximum Gasteiger partial charge on any atom is 0.326 e. The molecule has 0 aliphatic carbocycles. The monoisotopic (exact) mass is 466 g/mol. The molecule has 7 nitrogen and oxygen atoms in total. The molecule has 1 spiro atoms. The van der Waals surface area contributed by atoms with Gasteiger partial charge in [-0.05, 0) is 32.3 Å². The Balaban J connectivity index is 1.67. The lowest BCUT2D eigenvalue weighted by molar-refractivity contribution is -0.150. The molecule has 2 aliphatic heterocycles. The second-order valence-electron chi connectivity index (χ2n) is 7.85. The summed E-state index contributed by atoms with van der Waals surface area (Å²) in [6, 6.07) is 7.65. The van der Waals surface area contributed by atoms with E-state index < -0.39 is 30.1 Å². The third-order valence-electron chi connectivity index (χ3n) is 5.63. The maximum atomic E-state index is 13.2. The largest absolute Gasteiger partial charge is 0.480 e. The second kappa shape index (κ2) is 10.7. The third-order valence-corrected chi connectivity index (χ3v) is 9.06. The fraction of sp³-hybridized carbons (Fsp3) is 0.591. The number of hydrogen-bond donors (Lipinski definition) is 2.